The van der Waals surface area contributed by atoms with Crippen molar-refractivity contribution in [2.45, 2.75) is 12.5 Å². The van der Waals surface area contributed by atoms with Crippen molar-refractivity contribution in [1.29, 1.82) is 15.8 Å². The lowest BCUT2D eigenvalue weighted by Gasteiger charge is -2.44. The van der Waals surface area contributed by atoms with Crippen LogP contribution in [0.5, 0.6) is 0 Å². The molecule has 0 fully saturated rings. The Morgan fingerprint density at radius 3 is 2.33 bits per heavy atom. The van der Waals surface area contributed by atoms with Crippen LogP contribution in [0.1, 0.15) is 17.0 Å². The zero-order valence-electron chi connectivity index (χ0n) is 17.7. The molecule has 3 N–H and O–H groups in total. The highest BCUT2D eigenvalue weighted by Gasteiger charge is 2.55. The summed E-state index contributed by atoms with van der Waals surface area (Å²) in [7, 11) is 0. The molecule has 0 bridgehead atoms. The van der Waals surface area contributed by atoms with Gasteiger partial charge in [-0.15, -0.1) is 0 Å². The van der Waals surface area contributed by atoms with E-state index >= 15 is 0 Å². The molecule has 2 aliphatic rings. The first-order chi connectivity index (χ1) is 15.9. The van der Waals surface area contributed by atoms with Gasteiger partial charge in [0.05, 0.1) is 41.4 Å². The average Bonchev–Trinajstić information content (AvgIpc) is 2.84. The first-order valence-corrected chi connectivity index (χ1v) is 10.5. The molecule has 3 atom stereocenters. The quantitative estimate of drug-likeness (QED) is 0.553. The van der Waals surface area contributed by atoms with Crippen LogP contribution >= 0.6 is 0 Å². The number of nitrogens with one attached hydrogen (secondary N) is 1. The molecule has 3 unspecified atom stereocenters. The highest BCUT2D eigenvalue weighted by molar-refractivity contribution is 5.59. The molecule has 162 valence electrons. The Balaban J connectivity index is 1.84. The molecule has 1 aliphatic carbocycles. The van der Waals surface area contributed by atoms with Crippen LogP contribution in [0.25, 0.3) is 0 Å². The van der Waals surface area contributed by atoms with Crippen molar-refractivity contribution in [3.8, 4) is 18.2 Å². The molecular formula is C25H21N6O2+. The Hall–Kier alpha value is -4.45. The Morgan fingerprint density at radius 2 is 1.76 bits per heavy atom. The lowest BCUT2D eigenvalue weighted by Crippen LogP contribution is -3.12. The number of nitro benzene ring substituents is 1. The van der Waals surface area contributed by atoms with E-state index < -0.39 is 16.3 Å². The number of hydrogen-bond acceptors (Lipinski definition) is 6. The second-order valence-corrected chi connectivity index (χ2v) is 8.34. The van der Waals surface area contributed by atoms with E-state index in [2.05, 4.69) is 18.2 Å². The van der Waals surface area contributed by atoms with Gasteiger partial charge in [0, 0.05) is 29.5 Å². The monoisotopic (exact) mass is 437 g/mol. The van der Waals surface area contributed by atoms with Crippen LogP contribution in [-0.2, 0) is 6.54 Å². The minimum atomic E-state index is -1.75. The number of rotatable bonds is 4. The molecular weight excluding hydrogens is 416 g/mol. The predicted octanol–water partition coefficient (Wildman–Crippen LogP) is 2.10. The fourth-order valence-corrected chi connectivity index (χ4v) is 5.04. The number of allylic oxidation sites excluding steroid dienone is 2. The summed E-state index contributed by atoms with van der Waals surface area (Å²) in [5.74, 6) is -0.983. The van der Waals surface area contributed by atoms with Gasteiger partial charge in [0.15, 0.2) is 5.41 Å². The van der Waals surface area contributed by atoms with Crippen LogP contribution in [0.3, 0.4) is 0 Å². The number of fused-ring (bicyclic) bond motifs is 1. The Bertz CT molecular complexity index is 1260. The van der Waals surface area contributed by atoms with Crippen molar-refractivity contribution in [1.82, 2.24) is 0 Å². The van der Waals surface area contributed by atoms with Gasteiger partial charge in [-0.1, -0.05) is 42.5 Å². The summed E-state index contributed by atoms with van der Waals surface area (Å²) in [6.45, 7) is 2.02. The lowest BCUT2D eigenvalue weighted by atomic mass is 9.58. The van der Waals surface area contributed by atoms with Crippen molar-refractivity contribution >= 4 is 5.69 Å². The van der Waals surface area contributed by atoms with E-state index in [1.165, 1.54) is 17.0 Å². The van der Waals surface area contributed by atoms with Crippen LogP contribution in [0, 0.1) is 55.4 Å². The van der Waals surface area contributed by atoms with E-state index in [1.807, 2.05) is 36.4 Å². The van der Waals surface area contributed by atoms with Crippen molar-refractivity contribution in [2.75, 3.05) is 13.1 Å². The Labute approximate surface area is 191 Å². The number of nitrogens with zero attached hydrogens (tertiary/aromatic N) is 4. The molecule has 0 saturated heterocycles. The van der Waals surface area contributed by atoms with Crippen molar-refractivity contribution in [3.05, 3.63) is 98.8 Å². The van der Waals surface area contributed by atoms with Crippen LogP contribution in [0.4, 0.5) is 5.69 Å². The predicted molar refractivity (Wildman–Crippen MR) is 119 cm³/mol. The van der Waals surface area contributed by atoms with Gasteiger partial charge in [0.2, 0.25) is 0 Å². The minimum Gasteiger partial charge on any atom is -0.399 e. The maximum atomic E-state index is 11.1. The maximum Gasteiger partial charge on any atom is 0.269 e. The number of quaternary nitrogens is 1. The van der Waals surface area contributed by atoms with E-state index in [0.717, 1.165) is 17.7 Å². The van der Waals surface area contributed by atoms with Crippen molar-refractivity contribution < 1.29 is 9.82 Å². The van der Waals surface area contributed by atoms with Crippen molar-refractivity contribution in [3.63, 3.8) is 0 Å². The standard InChI is InChI=1S/C25H20N6O2/c26-12-21-20-10-11-30(13-17-4-2-1-3-5-17)14-22(20)23(25(15-27,16-28)24(21)29)18-6-8-19(9-7-18)31(32)33/h1-10,22-23H,11,13-14,29H2/p+1. The summed E-state index contributed by atoms with van der Waals surface area (Å²) < 4.78 is 0. The van der Waals surface area contributed by atoms with Gasteiger partial charge < -0.3 is 10.6 Å². The largest absolute Gasteiger partial charge is 0.399 e. The number of nitriles is 3. The molecule has 0 amide bonds. The van der Waals surface area contributed by atoms with Crippen molar-refractivity contribution in [2.24, 2.45) is 17.1 Å². The van der Waals surface area contributed by atoms with E-state index in [4.69, 9.17) is 5.73 Å². The third-order valence-corrected chi connectivity index (χ3v) is 6.59. The molecule has 1 heterocycles. The van der Waals surface area contributed by atoms with Gasteiger partial charge in [0.25, 0.3) is 5.69 Å². The smallest absolute Gasteiger partial charge is 0.269 e. The van der Waals surface area contributed by atoms with Crippen LogP contribution in [-0.4, -0.2) is 18.0 Å². The molecule has 0 saturated carbocycles. The number of benzene rings is 2. The fourth-order valence-electron chi connectivity index (χ4n) is 5.04. The number of non-ortho nitro benzene ring substituents is 1. The minimum absolute atomic E-state index is 0.0487. The summed E-state index contributed by atoms with van der Waals surface area (Å²) >= 11 is 0. The lowest BCUT2D eigenvalue weighted by molar-refractivity contribution is -0.913. The van der Waals surface area contributed by atoms with E-state index in [9.17, 15) is 25.9 Å². The summed E-state index contributed by atoms with van der Waals surface area (Å²) in [6, 6.07) is 22.2. The van der Waals surface area contributed by atoms with Crippen LogP contribution in [0.2, 0.25) is 0 Å². The van der Waals surface area contributed by atoms with Gasteiger partial charge in [-0.2, -0.15) is 15.8 Å². The number of nitrogens with two attached hydrogens (primary N) is 1. The summed E-state index contributed by atoms with van der Waals surface area (Å²) in [5.41, 5.74) is 7.15. The van der Waals surface area contributed by atoms with Gasteiger partial charge in [-0.25, -0.2) is 0 Å². The highest BCUT2D eigenvalue weighted by atomic mass is 16.6. The number of nitro groups is 1. The molecule has 0 radical (unpaired) electrons. The van der Waals surface area contributed by atoms with Gasteiger partial charge in [-0.3, -0.25) is 10.1 Å². The summed E-state index contributed by atoms with van der Waals surface area (Å²) in [6.07, 6.45) is 1.98. The second kappa shape index (κ2) is 8.59. The van der Waals surface area contributed by atoms with Gasteiger partial charge in [0.1, 0.15) is 12.6 Å². The second-order valence-electron chi connectivity index (χ2n) is 8.34. The first kappa shape index (κ1) is 21.8. The normalized spacial score (nSPS) is 23.3. The van der Waals surface area contributed by atoms with Crippen LogP contribution < -0.4 is 10.6 Å². The van der Waals surface area contributed by atoms with E-state index in [1.54, 1.807) is 12.1 Å². The molecule has 33 heavy (non-hydrogen) atoms. The first-order valence-electron chi connectivity index (χ1n) is 10.5. The van der Waals surface area contributed by atoms with E-state index in [0.29, 0.717) is 18.7 Å². The average molecular weight is 437 g/mol. The van der Waals surface area contributed by atoms with Gasteiger partial charge >= 0.3 is 0 Å². The summed E-state index contributed by atoms with van der Waals surface area (Å²) in [5, 5.41) is 41.3. The zero-order chi connectivity index (χ0) is 23.6. The molecule has 2 aromatic rings. The zero-order valence-corrected chi connectivity index (χ0v) is 17.7. The van der Waals surface area contributed by atoms with E-state index in [-0.39, 0.29) is 22.9 Å². The third kappa shape index (κ3) is 3.61. The molecule has 0 aromatic heterocycles. The molecule has 0 spiro atoms. The fraction of sp³-hybridized carbons (Fsp3) is 0.240. The maximum absolute atomic E-state index is 11.1. The third-order valence-electron chi connectivity index (χ3n) is 6.59. The molecule has 2 aromatic carbocycles. The van der Waals surface area contributed by atoms with Crippen LogP contribution in [0.15, 0.2) is 77.5 Å². The SMILES string of the molecule is N#CC1=C(N)C(C#N)(C#N)C(c2ccc([N+](=O)[O-])cc2)C2C[NH+](Cc3ccccc3)CC=C12. The molecule has 4 rings (SSSR count). The Morgan fingerprint density at radius 1 is 1.09 bits per heavy atom. The summed E-state index contributed by atoms with van der Waals surface area (Å²) in [4.78, 5) is 11.9. The highest BCUT2D eigenvalue weighted by Crippen LogP contribution is 2.53. The molecule has 8 nitrogen and oxygen atoms in total. The van der Waals surface area contributed by atoms with Gasteiger partial charge in [-0.05, 0) is 17.2 Å². The topological polar surface area (TPSA) is 145 Å². The molecule has 1 aliphatic heterocycles. The Kier molecular flexibility index (Phi) is 5.67. The number of hydrogen-bond donors (Lipinski definition) is 2. The molecule has 8 heteroatoms.